The number of carbonyl (C=O) groups excluding carboxylic acids is 2. The van der Waals surface area contributed by atoms with Crippen LogP contribution in [0.25, 0.3) is 0 Å². The predicted molar refractivity (Wildman–Crippen MR) is 83.8 cm³/mol. The molecule has 1 atom stereocenters. The molecule has 7 nitrogen and oxygen atoms in total. The molecule has 1 aliphatic rings. The monoisotopic (exact) mass is 331 g/mol. The molecule has 0 aliphatic heterocycles. The van der Waals surface area contributed by atoms with E-state index in [4.69, 9.17) is 9.47 Å². The van der Waals surface area contributed by atoms with Crippen LogP contribution in [0, 0.1) is 33.3 Å². The number of carbonyl (C=O) groups is 2. The Labute approximate surface area is 139 Å². The fraction of sp³-hybridized carbons (Fsp3) is 0.412. The van der Waals surface area contributed by atoms with Gasteiger partial charge in [-0.25, -0.2) is 0 Å². The smallest absolute Gasteiger partial charge is 0.324 e. The number of hydrogen-bond acceptors (Lipinski definition) is 6. The summed E-state index contributed by atoms with van der Waals surface area (Å²) in [5.74, 6) is 3.58. The highest BCUT2D eigenvalue weighted by molar-refractivity contribution is 6.04. The number of ether oxygens (including phenoxy) is 2. The van der Waals surface area contributed by atoms with Crippen molar-refractivity contribution in [2.24, 2.45) is 11.3 Å². The average Bonchev–Trinajstić information content (AvgIpc) is 3.29. The molecule has 1 aromatic carbocycles. The lowest BCUT2D eigenvalue weighted by Gasteiger charge is -2.12. The summed E-state index contributed by atoms with van der Waals surface area (Å²) in [5.41, 5.74) is -1.30. The van der Waals surface area contributed by atoms with Crippen LogP contribution in [0.4, 0.5) is 5.69 Å². The Hall–Kier alpha value is -2.88. The minimum Gasteiger partial charge on any atom is -0.465 e. The molecule has 0 spiro atoms. The van der Waals surface area contributed by atoms with Crippen molar-refractivity contribution in [3.05, 3.63) is 39.9 Å². The van der Waals surface area contributed by atoms with Gasteiger partial charge in [-0.15, -0.1) is 0 Å². The summed E-state index contributed by atoms with van der Waals surface area (Å²) in [7, 11) is 0. The van der Waals surface area contributed by atoms with Crippen molar-refractivity contribution in [3.8, 4) is 11.8 Å². The van der Waals surface area contributed by atoms with Gasteiger partial charge < -0.3 is 9.47 Å². The fourth-order valence-electron chi connectivity index (χ4n) is 2.39. The van der Waals surface area contributed by atoms with Gasteiger partial charge in [0.15, 0.2) is 5.41 Å². The zero-order chi connectivity index (χ0) is 17.7. The van der Waals surface area contributed by atoms with E-state index in [1.54, 1.807) is 26.0 Å². The molecule has 1 unspecified atom stereocenters. The number of nitro benzene ring substituents is 1. The van der Waals surface area contributed by atoms with Crippen molar-refractivity contribution < 1.29 is 24.0 Å². The molecular weight excluding hydrogens is 314 g/mol. The molecular formula is C17H17NO6. The number of rotatable bonds is 5. The van der Waals surface area contributed by atoms with Gasteiger partial charge in [0.25, 0.3) is 5.69 Å². The Kier molecular flexibility index (Phi) is 5.19. The van der Waals surface area contributed by atoms with Crippen LogP contribution < -0.4 is 0 Å². The molecule has 1 aromatic rings. The fourth-order valence-corrected chi connectivity index (χ4v) is 2.39. The first-order valence-corrected chi connectivity index (χ1v) is 7.56. The van der Waals surface area contributed by atoms with Crippen molar-refractivity contribution in [2.75, 3.05) is 13.2 Å². The Balaban J connectivity index is 2.27. The minimum atomic E-state index is -1.41. The van der Waals surface area contributed by atoms with E-state index in [0.717, 1.165) is 0 Å². The molecule has 1 aliphatic carbocycles. The summed E-state index contributed by atoms with van der Waals surface area (Å²) in [4.78, 5) is 34.7. The van der Waals surface area contributed by atoms with Crippen LogP contribution >= 0.6 is 0 Å². The molecule has 1 fully saturated rings. The van der Waals surface area contributed by atoms with E-state index in [0.29, 0.717) is 0 Å². The molecule has 0 bridgehead atoms. The summed E-state index contributed by atoms with van der Waals surface area (Å²) in [5, 5.41) is 11.0. The second-order valence-electron chi connectivity index (χ2n) is 5.21. The van der Waals surface area contributed by atoms with E-state index in [1.165, 1.54) is 12.1 Å². The van der Waals surface area contributed by atoms with Crippen molar-refractivity contribution in [3.63, 3.8) is 0 Å². The van der Waals surface area contributed by atoms with Gasteiger partial charge in [-0.1, -0.05) is 24.0 Å². The normalized spacial score (nSPS) is 17.2. The maximum Gasteiger partial charge on any atom is 0.324 e. The van der Waals surface area contributed by atoms with Crippen molar-refractivity contribution >= 4 is 17.6 Å². The third-order valence-electron chi connectivity index (χ3n) is 3.72. The van der Waals surface area contributed by atoms with E-state index in [-0.39, 0.29) is 30.9 Å². The maximum atomic E-state index is 12.1. The van der Waals surface area contributed by atoms with Crippen LogP contribution in [0.2, 0.25) is 0 Å². The third-order valence-corrected chi connectivity index (χ3v) is 3.72. The standard InChI is InChI=1S/C17H17NO6/c1-3-23-15(19)17(16(20)24-4-2)11-13(17)10-9-12-7-5-6-8-14(12)18(21)22/h5-8,13H,3-4,11H2,1-2H3. The minimum absolute atomic E-state index is 0.122. The quantitative estimate of drug-likeness (QED) is 0.269. The summed E-state index contributed by atoms with van der Waals surface area (Å²) in [6, 6.07) is 6.04. The summed E-state index contributed by atoms with van der Waals surface area (Å²) in [6.07, 6.45) is 0.193. The summed E-state index contributed by atoms with van der Waals surface area (Å²) in [6.45, 7) is 3.58. The second kappa shape index (κ2) is 7.13. The van der Waals surface area contributed by atoms with Gasteiger partial charge in [-0.05, 0) is 26.3 Å². The van der Waals surface area contributed by atoms with Crippen molar-refractivity contribution in [1.29, 1.82) is 0 Å². The molecule has 0 amide bonds. The van der Waals surface area contributed by atoms with Gasteiger partial charge in [-0.3, -0.25) is 19.7 Å². The van der Waals surface area contributed by atoms with E-state index in [2.05, 4.69) is 11.8 Å². The Bertz CT molecular complexity index is 712. The highest BCUT2D eigenvalue weighted by Crippen LogP contribution is 2.54. The molecule has 0 N–H and O–H groups in total. The number of esters is 2. The Morgan fingerprint density at radius 3 is 2.38 bits per heavy atom. The third kappa shape index (κ3) is 3.23. The van der Waals surface area contributed by atoms with Crippen LogP contribution in [0.15, 0.2) is 24.3 Å². The van der Waals surface area contributed by atoms with Gasteiger partial charge in [-0.2, -0.15) is 0 Å². The number of nitrogens with zero attached hydrogens (tertiary/aromatic N) is 1. The van der Waals surface area contributed by atoms with E-state index in [1.807, 2.05) is 0 Å². The predicted octanol–water partition coefficient (Wildman–Crippen LogP) is 2.08. The molecule has 0 radical (unpaired) electrons. The molecule has 126 valence electrons. The van der Waals surface area contributed by atoms with Crippen LogP contribution in [-0.2, 0) is 19.1 Å². The first-order chi connectivity index (χ1) is 11.5. The zero-order valence-corrected chi connectivity index (χ0v) is 13.4. The average molecular weight is 331 g/mol. The molecule has 2 rings (SSSR count). The largest absolute Gasteiger partial charge is 0.465 e. The number of nitro groups is 1. The first kappa shape index (κ1) is 17.5. The highest BCUT2D eigenvalue weighted by atomic mass is 16.6. The lowest BCUT2D eigenvalue weighted by Crippen LogP contribution is -2.31. The second-order valence-corrected chi connectivity index (χ2v) is 5.21. The van der Waals surface area contributed by atoms with Crippen LogP contribution in [0.5, 0.6) is 0 Å². The summed E-state index contributed by atoms with van der Waals surface area (Å²) >= 11 is 0. The van der Waals surface area contributed by atoms with Crippen LogP contribution in [0.1, 0.15) is 25.8 Å². The van der Waals surface area contributed by atoms with Gasteiger partial charge in [0.1, 0.15) is 5.56 Å². The topological polar surface area (TPSA) is 95.7 Å². The lowest BCUT2D eigenvalue weighted by molar-refractivity contribution is -0.385. The van der Waals surface area contributed by atoms with Gasteiger partial charge in [0, 0.05) is 12.0 Å². The highest BCUT2D eigenvalue weighted by Gasteiger charge is 2.68. The molecule has 24 heavy (non-hydrogen) atoms. The molecule has 1 saturated carbocycles. The van der Waals surface area contributed by atoms with Crippen molar-refractivity contribution in [1.82, 2.24) is 0 Å². The maximum absolute atomic E-state index is 12.1. The van der Waals surface area contributed by atoms with E-state index in [9.17, 15) is 19.7 Å². The van der Waals surface area contributed by atoms with E-state index < -0.39 is 28.2 Å². The summed E-state index contributed by atoms with van der Waals surface area (Å²) < 4.78 is 9.93. The number of para-hydroxylation sites is 1. The van der Waals surface area contributed by atoms with E-state index >= 15 is 0 Å². The Morgan fingerprint density at radius 1 is 1.25 bits per heavy atom. The Morgan fingerprint density at radius 2 is 1.83 bits per heavy atom. The van der Waals surface area contributed by atoms with Crippen LogP contribution in [0.3, 0.4) is 0 Å². The molecule has 0 heterocycles. The van der Waals surface area contributed by atoms with Crippen LogP contribution in [-0.4, -0.2) is 30.1 Å². The number of benzene rings is 1. The SMILES string of the molecule is CCOC(=O)C1(C(=O)OCC)CC1C#Cc1ccccc1[N+](=O)[O-]. The van der Waals surface area contributed by atoms with Gasteiger partial charge in [0.05, 0.1) is 18.1 Å². The molecule has 0 saturated heterocycles. The van der Waals surface area contributed by atoms with Crippen molar-refractivity contribution in [2.45, 2.75) is 20.3 Å². The lowest BCUT2D eigenvalue weighted by atomic mass is 10.0. The van der Waals surface area contributed by atoms with Gasteiger partial charge in [0.2, 0.25) is 0 Å². The van der Waals surface area contributed by atoms with Gasteiger partial charge >= 0.3 is 11.9 Å². The molecule has 0 aromatic heterocycles. The molecule has 7 heteroatoms. The number of hydrogen-bond donors (Lipinski definition) is 0. The first-order valence-electron chi connectivity index (χ1n) is 7.56. The zero-order valence-electron chi connectivity index (χ0n) is 13.4.